The Bertz CT molecular complexity index is 1070. The number of benzene rings is 2. The fraction of sp³-hybridized carbons (Fsp3) is 0.321. The molecule has 1 aliphatic rings. The lowest BCUT2D eigenvalue weighted by atomic mass is 10.0. The smallest absolute Gasteiger partial charge is 0.305 e. The Balaban J connectivity index is 1.54. The molecule has 1 fully saturated rings. The second kappa shape index (κ2) is 13.2. The number of amides is 2. The number of halogens is 1. The summed E-state index contributed by atoms with van der Waals surface area (Å²) >= 11 is 0. The quantitative estimate of drug-likeness (QED) is 0.204. The molecule has 2 aromatic carbocycles. The van der Waals surface area contributed by atoms with Crippen molar-refractivity contribution in [3.63, 3.8) is 0 Å². The number of unbranched alkanes of at least 4 members (excludes halogenated alkanes) is 2. The van der Waals surface area contributed by atoms with Crippen LogP contribution in [0, 0.1) is 5.82 Å². The van der Waals surface area contributed by atoms with Crippen LogP contribution in [0.4, 0.5) is 4.39 Å². The molecular weight excluding hydrogens is 447 g/mol. The molecule has 1 aliphatic carbocycles. The number of carbonyl (C=O) groups is 3. The molecule has 0 spiro atoms. The molecule has 7 heteroatoms. The Labute approximate surface area is 205 Å². The third-order valence-electron chi connectivity index (χ3n) is 5.57. The molecule has 0 aromatic heterocycles. The first-order valence-electron chi connectivity index (χ1n) is 11.9. The average molecular weight is 479 g/mol. The maximum Gasteiger partial charge on any atom is 0.305 e. The van der Waals surface area contributed by atoms with Crippen molar-refractivity contribution in [2.24, 2.45) is 0 Å². The van der Waals surface area contributed by atoms with Crippen molar-refractivity contribution in [2.75, 3.05) is 13.7 Å². The number of carbonyl (C=O) groups excluding carboxylic acids is 3. The first-order valence-corrected chi connectivity index (χ1v) is 11.9. The summed E-state index contributed by atoms with van der Waals surface area (Å²) in [6, 6.07) is 13.6. The van der Waals surface area contributed by atoms with E-state index in [1.807, 2.05) is 24.3 Å². The van der Waals surface area contributed by atoms with E-state index in [0.717, 1.165) is 43.2 Å². The third kappa shape index (κ3) is 9.20. The Morgan fingerprint density at radius 2 is 1.66 bits per heavy atom. The molecule has 0 heterocycles. The standard InChI is InChI=1S/C28H31FN2O4/c1-35-27(33)5-3-2-4-18-30-26(32)17-10-20-6-8-21(9-7-20)19-25(28(34)31-24-15-16-24)22-11-13-23(29)14-12-22/h6-14,17,19,24H,2-5,15-16,18H2,1H3,(H,30,32)(H,31,34)/b17-10+,25-19+. The summed E-state index contributed by atoms with van der Waals surface area (Å²) in [6.07, 6.45) is 9.71. The summed E-state index contributed by atoms with van der Waals surface area (Å²) in [5.41, 5.74) is 2.80. The van der Waals surface area contributed by atoms with Crippen LogP contribution in [0.25, 0.3) is 17.7 Å². The van der Waals surface area contributed by atoms with Crippen LogP contribution in [0.1, 0.15) is 55.2 Å². The molecule has 0 radical (unpaired) electrons. The molecule has 0 bridgehead atoms. The minimum atomic E-state index is -0.352. The van der Waals surface area contributed by atoms with Crippen LogP contribution in [0.5, 0.6) is 0 Å². The van der Waals surface area contributed by atoms with E-state index in [4.69, 9.17) is 0 Å². The predicted octanol–water partition coefficient (Wildman–Crippen LogP) is 4.51. The van der Waals surface area contributed by atoms with Crippen molar-refractivity contribution < 1.29 is 23.5 Å². The Kier molecular flexibility index (Phi) is 9.78. The van der Waals surface area contributed by atoms with E-state index in [1.54, 1.807) is 24.3 Å². The molecule has 0 aliphatic heterocycles. The number of rotatable bonds is 12. The minimum absolute atomic E-state index is 0.176. The topological polar surface area (TPSA) is 84.5 Å². The van der Waals surface area contributed by atoms with Crippen LogP contribution >= 0.6 is 0 Å². The van der Waals surface area contributed by atoms with Crippen LogP contribution in [-0.2, 0) is 19.1 Å². The molecule has 35 heavy (non-hydrogen) atoms. The summed E-state index contributed by atoms with van der Waals surface area (Å²) in [5, 5.41) is 5.81. The van der Waals surface area contributed by atoms with Gasteiger partial charge in [-0.2, -0.15) is 0 Å². The van der Waals surface area contributed by atoms with Crippen molar-refractivity contribution in [3.05, 3.63) is 77.1 Å². The number of hydrogen-bond donors (Lipinski definition) is 2. The van der Waals surface area contributed by atoms with Crippen LogP contribution in [0.3, 0.4) is 0 Å². The van der Waals surface area contributed by atoms with Gasteiger partial charge in [0.1, 0.15) is 5.82 Å². The van der Waals surface area contributed by atoms with Gasteiger partial charge in [-0.05, 0) is 66.7 Å². The summed E-state index contributed by atoms with van der Waals surface area (Å²) in [4.78, 5) is 35.8. The van der Waals surface area contributed by atoms with E-state index in [0.29, 0.717) is 24.1 Å². The van der Waals surface area contributed by atoms with Crippen LogP contribution in [0.2, 0.25) is 0 Å². The van der Waals surface area contributed by atoms with Gasteiger partial charge in [0, 0.05) is 30.7 Å². The zero-order valence-corrected chi connectivity index (χ0v) is 19.9. The van der Waals surface area contributed by atoms with E-state index in [2.05, 4.69) is 15.4 Å². The van der Waals surface area contributed by atoms with Crippen LogP contribution in [-0.4, -0.2) is 37.5 Å². The lowest BCUT2D eigenvalue weighted by Gasteiger charge is -2.09. The second-order valence-electron chi connectivity index (χ2n) is 8.49. The molecule has 2 aromatic rings. The van der Waals surface area contributed by atoms with Gasteiger partial charge in [-0.1, -0.05) is 42.8 Å². The Morgan fingerprint density at radius 1 is 0.971 bits per heavy atom. The van der Waals surface area contributed by atoms with Gasteiger partial charge in [-0.25, -0.2) is 4.39 Å². The van der Waals surface area contributed by atoms with Gasteiger partial charge in [0.2, 0.25) is 5.91 Å². The van der Waals surface area contributed by atoms with E-state index in [1.165, 1.54) is 25.3 Å². The van der Waals surface area contributed by atoms with Crippen molar-refractivity contribution >= 4 is 35.5 Å². The third-order valence-corrected chi connectivity index (χ3v) is 5.57. The maximum absolute atomic E-state index is 13.4. The number of methoxy groups -OCH3 is 1. The van der Waals surface area contributed by atoms with Gasteiger partial charge in [0.15, 0.2) is 0 Å². The highest BCUT2D eigenvalue weighted by molar-refractivity contribution is 6.24. The van der Waals surface area contributed by atoms with Gasteiger partial charge < -0.3 is 15.4 Å². The molecular formula is C28H31FN2O4. The molecule has 184 valence electrons. The van der Waals surface area contributed by atoms with Gasteiger partial charge in [-0.15, -0.1) is 0 Å². The summed E-state index contributed by atoms with van der Waals surface area (Å²) in [6.45, 7) is 0.545. The average Bonchev–Trinajstić information content (AvgIpc) is 3.68. The van der Waals surface area contributed by atoms with E-state index >= 15 is 0 Å². The highest BCUT2D eigenvalue weighted by Gasteiger charge is 2.25. The largest absolute Gasteiger partial charge is 0.469 e. The SMILES string of the molecule is COC(=O)CCCCCNC(=O)/C=C/c1ccc(/C=C(/C(=O)NC2CC2)c2ccc(F)cc2)cc1. The van der Waals surface area contributed by atoms with Crippen molar-refractivity contribution in [1.82, 2.24) is 10.6 Å². The fourth-order valence-electron chi connectivity index (χ4n) is 3.39. The van der Waals surface area contributed by atoms with Crippen molar-refractivity contribution in [3.8, 4) is 0 Å². The summed E-state index contributed by atoms with van der Waals surface area (Å²) in [5.74, 6) is -0.927. The van der Waals surface area contributed by atoms with Crippen molar-refractivity contribution in [2.45, 2.75) is 44.6 Å². The number of nitrogens with one attached hydrogen (secondary N) is 2. The van der Waals surface area contributed by atoms with Gasteiger partial charge in [0.25, 0.3) is 5.91 Å². The lowest BCUT2D eigenvalue weighted by Crippen LogP contribution is -2.26. The zero-order valence-electron chi connectivity index (χ0n) is 19.9. The van der Waals surface area contributed by atoms with E-state index in [9.17, 15) is 18.8 Å². The molecule has 2 N–H and O–H groups in total. The predicted molar refractivity (Wildman–Crippen MR) is 134 cm³/mol. The van der Waals surface area contributed by atoms with Gasteiger partial charge >= 0.3 is 5.97 Å². The molecule has 0 saturated heterocycles. The number of hydrogen-bond acceptors (Lipinski definition) is 4. The number of ether oxygens (including phenoxy) is 1. The summed E-state index contributed by atoms with van der Waals surface area (Å²) in [7, 11) is 1.37. The Hall–Kier alpha value is -3.74. The zero-order chi connectivity index (χ0) is 25.0. The molecule has 0 atom stereocenters. The second-order valence-corrected chi connectivity index (χ2v) is 8.49. The normalized spacial score (nSPS) is 13.5. The van der Waals surface area contributed by atoms with Crippen LogP contribution < -0.4 is 10.6 Å². The van der Waals surface area contributed by atoms with Gasteiger partial charge in [-0.3, -0.25) is 14.4 Å². The molecule has 3 rings (SSSR count). The van der Waals surface area contributed by atoms with Crippen molar-refractivity contribution in [1.29, 1.82) is 0 Å². The fourth-order valence-corrected chi connectivity index (χ4v) is 3.39. The minimum Gasteiger partial charge on any atom is -0.469 e. The lowest BCUT2D eigenvalue weighted by molar-refractivity contribution is -0.140. The highest BCUT2D eigenvalue weighted by Crippen LogP contribution is 2.24. The first-order chi connectivity index (χ1) is 16.9. The molecule has 2 amide bonds. The Morgan fingerprint density at radius 3 is 2.31 bits per heavy atom. The molecule has 6 nitrogen and oxygen atoms in total. The monoisotopic (exact) mass is 478 g/mol. The van der Waals surface area contributed by atoms with E-state index in [-0.39, 0.29) is 29.6 Å². The van der Waals surface area contributed by atoms with Gasteiger partial charge in [0.05, 0.1) is 7.11 Å². The molecule has 0 unspecified atom stereocenters. The number of esters is 1. The van der Waals surface area contributed by atoms with Crippen LogP contribution in [0.15, 0.2) is 54.6 Å². The van der Waals surface area contributed by atoms with E-state index < -0.39 is 0 Å². The molecule has 1 saturated carbocycles. The highest BCUT2D eigenvalue weighted by atomic mass is 19.1. The summed E-state index contributed by atoms with van der Waals surface area (Å²) < 4.78 is 18.0. The maximum atomic E-state index is 13.4. The first kappa shape index (κ1) is 25.9.